The van der Waals surface area contributed by atoms with E-state index in [0.29, 0.717) is 11.4 Å². The number of nitrogens with zero attached hydrogens (tertiary/aromatic N) is 2. The van der Waals surface area contributed by atoms with E-state index < -0.39 is 17.9 Å². The molecule has 0 saturated carbocycles. The molecule has 0 unspecified atom stereocenters. The van der Waals surface area contributed by atoms with Gasteiger partial charge in [0.2, 0.25) is 5.91 Å². The van der Waals surface area contributed by atoms with Crippen LogP contribution in [0.4, 0.5) is 0 Å². The monoisotopic (exact) mass is 373 g/mol. The Morgan fingerprint density at radius 2 is 1.64 bits per heavy atom. The molecule has 0 aliphatic carbocycles. The highest BCUT2D eigenvalue weighted by atomic mass is 16.2. The maximum Gasteiger partial charge on any atom is 0.255 e. The number of hydrogen-bond donors (Lipinski definition) is 1. The summed E-state index contributed by atoms with van der Waals surface area (Å²) in [5.41, 5.74) is 1.34. The molecule has 1 N–H and O–H groups in total. The van der Waals surface area contributed by atoms with Crippen LogP contribution in [0.2, 0.25) is 0 Å². The third-order valence-electron chi connectivity index (χ3n) is 5.05. The lowest BCUT2D eigenvalue weighted by Crippen LogP contribution is -2.52. The molecule has 1 aliphatic heterocycles. The van der Waals surface area contributed by atoms with E-state index in [1.165, 1.54) is 17.7 Å². The Hall–Kier alpha value is -3.54. The predicted octanol–water partition coefficient (Wildman–Crippen LogP) is 2.79. The molecule has 1 aliphatic rings. The minimum Gasteiger partial charge on any atom is -0.344 e. The van der Waals surface area contributed by atoms with Gasteiger partial charge in [0, 0.05) is 30.8 Å². The fourth-order valence-corrected chi connectivity index (χ4v) is 3.88. The van der Waals surface area contributed by atoms with Crippen LogP contribution in [0.5, 0.6) is 0 Å². The van der Waals surface area contributed by atoms with E-state index in [1.54, 1.807) is 30.5 Å². The first-order valence-electron chi connectivity index (χ1n) is 9.06. The van der Waals surface area contributed by atoms with Gasteiger partial charge in [0.1, 0.15) is 11.9 Å². The molecule has 6 heteroatoms. The van der Waals surface area contributed by atoms with Gasteiger partial charge >= 0.3 is 0 Å². The van der Waals surface area contributed by atoms with Crippen molar-refractivity contribution in [2.75, 3.05) is 0 Å². The summed E-state index contributed by atoms with van der Waals surface area (Å²) in [6.07, 6.45) is 3.05. The van der Waals surface area contributed by atoms with E-state index >= 15 is 0 Å². The molecular formula is C22H19N3O3. The number of nitrogens with one attached hydrogen (secondary N) is 1. The van der Waals surface area contributed by atoms with E-state index in [2.05, 4.69) is 10.3 Å². The lowest BCUT2D eigenvalue weighted by molar-refractivity contribution is -0.119. The normalized spacial score (nSPS) is 21.0. The number of Topliss-reactive ketones (excluding diaryl/α,β-unsaturated/α-hetero) is 1. The molecule has 140 valence electrons. The summed E-state index contributed by atoms with van der Waals surface area (Å²) in [5.74, 6) is -1.61. The van der Waals surface area contributed by atoms with Crippen LogP contribution in [0.25, 0.3) is 0 Å². The Morgan fingerprint density at radius 3 is 2.29 bits per heavy atom. The first kappa shape index (κ1) is 17.9. The fraction of sp³-hybridized carbons (Fsp3) is 0.182. The highest BCUT2D eigenvalue weighted by Gasteiger charge is 2.47. The molecule has 1 aromatic heterocycles. The summed E-state index contributed by atoms with van der Waals surface area (Å²) >= 11 is 0. The molecule has 6 nitrogen and oxygen atoms in total. The van der Waals surface area contributed by atoms with Crippen molar-refractivity contribution in [3.05, 3.63) is 90.0 Å². The number of carbonyl (C=O) groups is 3. The average molecular weight is 373 g/mol. The Bertz CT molecular complexity index is 1030. The second kappa shape index (κ2) is 7.23. The molecule has 0 fully saturated rings. The minimum absolute atomic E-state index is 0.134. The van der Waals surface area contributed by atoms with Crippen molar-refractivity contribution >= 4 is 17.6 Å². The topological polar surface area (TPSA) is 81.1 Å². The first-order valence-corrected chi connectivity index (χ1v) is 9.06. The van der Waals surface area contributed by atoms with Gasteiger partial charge in [-0.2, -0.15) is 0 Å². The molecule has 0 saturated heterocycles. The summed E-state index contributed by atoms with van der Waals surface area (Å²) in [4.78, 5) is 42.8. The molecule has 0 spiro atoms. The van der Waals surface area contributed by atoms with Gasteiger partial charge in [-0.3, -0.25) is 19.0 Å². The van der Waals surface area contributed by atoms with E-state index in [1.807, 2.05) is 36.4 Å². The van der Waals surface area contributed by atoms with Crippen LogP contribution in [0, 0.1) is 0 Å². The third kappa shape index (κ3) is 3.03. The second-order valence-corrected chi connectivity index (χ2v) is 6.82. The van der Waals surface area contributed by atoms with Gasteiger partial charge in [-0.25, -0.2) is 4.98 Å². The lowest BCUT2D eigenvalue weighted by Gasteiger charge is -2.37. The third-order valence-corrected chi connectivity index (χ3v) is 5.05. The van der Waals surface area contributed by atoms with E-state index in [9.17, 15) is 14.4 Å². The zero-order valence-corrected chi connectivity index (χ0v) is 15.3. The number of fused-ring (bicyclic) bond motifs is 1. The van der Waals surface area contributed by atoms with Crippen molar-refractivity contribution < 1.29 is 14.4 Å². The molecule has 3 aromatic rings. The van der Waals surface area contributed by atoms with Gasteiger partial charge in [-0.05, 0) is 5.56 Å². The molecule has 0 bridgehead atoms. The highest BCUT2D eigenvalue weighted by molar-refractivity contribution is 6.04. The molecule has 28 heavy (non-hydrogen) atoms. The van der Waals surface area contributed by atoms with Crippen LogP contribution in [0.3, 0.4) is 0 Å². The quantitative estimate of drug-likeness (QED) is 0.713. The Labute approximate surface area is 162 Å². The summed E-state index contributed by atoms with van der Waals surface area (Å²) in [6, 6.07) is 17.4. The SMILES string of the molecule is CC(=O)N[C@@H]1C(=O)n2ccnc2[C@@H](C(=O)c2ccccc2)[C@@H]1c1ccccc1. The standard InChI is InChI=1S/C22H19N3O3/c1-14(26)24-19-17(15-8-4-2-5-9-15)18(20(27)16-10-6-3-7-11-16)21-23-12-13-25(21)22(19)28/h2-13,17-19H,1H3,(H,24,26)/t17-,18+,19-/m0/s1. The average Bonchev–Trinajstić information content (AvgIpc) is 3.20. The number of amides is 1. The van der Waals surface area contributed by atoms with Gasteiger partial charge < -0.3 is 5.32 Å². The van der Waals surface area contributed by atoms with Crippen LogP contribution in [0.1, 0.15) is 45.3 Å². The molecule has 2 heterocycles. The smallest absolute Gasteiger partial charge is 0.255 e. The highest BCUT2D eigenvalue weighted by Crippen LogP contribution is 2.41. The molecule has 4 rings (SSSR count). The van der Waals surface area contributed by atoms with Crippen molar-refractivity contribution in [2.24, 2.45) is 0 Å². The minimum atomic E-state index is -0.862. The Kier molecular flexibility index (Phi) is 4.61. The van der Waals surface area contributed by atoms with Gasteiger partial charge in [0.15, 0.2) is 5.78 Å². The van der Waals surface area contributed by atoms with Crippen molar-refractivity contribution in [1.29, 1.82) is 0 Å². The van der Waals surface area contributed by atoms with Crippen molar-refractivity contribution in [1.82, 2.24) is 14.9 Å². The molecular weight excluding hydrogens is 354 g/mol. The van der Waals surface area contributed by atoms with Gasteiger partial charge in [-0.15, -0.1) is 0 Å². The Balaban J connectivity index is 1.91. The van der Waals surface area contributed by atoms with Crippen LogP contribution in [-0.4, -0.2) is 33.2 Å². The van der Waals surface area contributed by atoms with Crippen LogP contribution in [0.15, 0.2) is 73.1 Å². The van der Waals surface area contributed by atoms with E-state index in [0.717, 1.165) is 5.56 Å². The lowest BCUT2D eigenvalue weighted by atomic mass is 9.74. The molecule has 1 amide bonds. The van der Waals surface area contributed by atoms with Crippen molar-refractivity contribution in [3.63, 3.8) is 0 Å². The number of aromatic nitrogens is 2. The van der Waals surface area contributed by atoms with Gasteiger partial charge in [0.25, 0.3) is 5.91 Å². The zero-order chi connectivity index (χ0) is 19.7. The van der Waals surface area contributed by atoms with E-state index in [-0.39, 0.29) is 17.6 Å². The largest absolute Gasteiger partial charge is 0.344 e. The summed E-state index contributed by atoms with van der Waals surface area (Å²) in [5, 5.41) is 2.76. The summed E-state index contributed by atoms with van der Waals surface area (Å²) in [7, 11) is 0. The van der Waals surface area contributed by atoms with Gasteiger partial charge in [-0.1, -0.05) is 60.7 Å². The zero-order valence-electron chi connectivity index (χ0n) is 15.3. The van der Waals surface area contributed by atoms with Crippen LogP contribution < -0.4 is 5.32 Å². The summed E-state index contributed by atoms with van der Waals surface area (Å²) in [6.45, 7) is 1.37. The molecule has 0 radical (unpaired) electrons. The number of imidazole rings is 1. The maximum absolute atomic E-state index is 13.5. The van der Waals surface area contributed by atoms with Crippen molar-refractivity contribution in [2.45, 2.75) is 24.8 Å². The number of hydrogen-bond acceptors (Lipinski definition) is 4. The maximum atomic E-state index is 13.5. The van der Waals surface area contributed by atoms with Crippen LogP contribution in [-0.2, 0) is 4.79 Å². The van der Waals surface area contributed by atoms with Gasteiger partial charge in [0.05, 0.1) is 5.92 Å². The Morgan fingerprint density at radius 1 is 1.00 bits per heavy atom. The van der Waals surface area contributed by atoms with E-state index in [4.69, 9.17) is 0 Å². The molecule has 3 atom stereocenters. The molecule has 2 aromatic carbocycles. The summed E-state index contributed by atoms with van der Waals surface area (Å²) < 4.78 is 1.38. The fourth-order valence-electron chi connectivity index (χ4n) is 3.88. The number of carbonyl (C=O) groups excluding carboxylic acids is 3. The predicted molar refractivity (Wildman–Crippen MR) is 103 cm³/mol. The first-order chi connectivity index (χ1) is 13.6. The number of benzene rings is 2. The second-order valence-electron chi connectivity index (χ2n) is 6.82. The number of ketones is 1. The number of rotatable bonds is 4. The van der Waals surface area contributed by atoms with Crippen molar-refractivity contribution in [3.8, 4) is 0 Å². The van der Waals surface area contributed by atoms with Crippen LogP contribution >= 0.6 is 0 Å².